The second-order valence-corrected chi connectivity index (χ2v) is 6.16. The average Bonchev–Trinajstić information content (AvgIpc) is 2.70. The maximum atomic E-state index is 10.9. The molecule has 0 radical (unpaired) electrons. The number of aliphatic hydroxyl groups is 1. The first-order valence-electron chi connectivity index (χ1n) is 6.04. The van der Waals surface area contributed by atoms with Crippen LogP contribution in [0.5, 0.6) is 0 Å². The van der Waals surface area contributed by atoms with E-state index in [4.69, 9.17) is 0 Å². The third-order valence-electron chi connectivity index (χ3n) is 3.78. The van der Waals surface area contributed by atoms with Gasteiger partial charge in [0.2, 0.25) is 0 Å². The molecule has 2 unspecified atom stereocenters. The van der Waals surface area contributed by atoms with Crippen molar-refractivity contribution in [2.45, 2.75) is 24.2 Å². The molecule has 0 spiro atoms. The summed E-state index contributed by atoms with van der Waals surface area (Å²) in [5.41, 5.74) is 0.430. The van der Waals surface area contributed by atoms with Crippen LogP contribution in [-0.4, -0.2) is 16.1 Å². The van der Waals surface area contributed by atoms with Crippen molar-refractivity contribution in [2.75, 3.05) is 5.75 Å². The summed E-state index contributed by atoms with van der Waals surface area (Å²) in [5.74, 6) is 1.04. The molecule has 17 heavy (non-hydrogen) atoms. The molecule has 1 saturated heterocycles. The summed E-state index contributed by atoms with van der Waals surface area (Å²) in [7, 11) is 0. The molecule has 1 N–H and O–H groups in total. The predicted molar refractivity (Wildman–Crippen MR) is 74.4 cm³/mol. The van der Waals surface area contributed by atoms with E-state index in [0.717, 1.165) is 17.7 Å². The molecule has 0 amide bonds. The third-order valence-corrected chi connectivity index (χ3v) is 5.11. The molecule has 2 aromatic rings. The standard InChI is InChI=1S/C15H16OS/c1-11-15(16,9-10-17-11)14-8-4-6-12-5-2-3-7-13(12)14/h2-8,11,16H,9-10H2,1H3. The van der Waals surface area contributed by atoms with Crippen LogP contribution < -0.4 is 0 Å². The van der Waals surface area contributed by atoms with Crippen molar-refractivity contribution in [3.8, 4) is 0 Å². The average molecular weight is 244 g/mol. The van der Waals surface area contributed by atoms with Crippen LogP contribution in [0.25, 0.3) is 10.8 Å². The molecule has 1 aliphatic heterocycles. The smallest absolute Gasteiger partial charge is 0.103 e. The maximum Gasteiger partial charge on any atom is 0.103 e. The van der Waals surface area contributed by atoms with Crippen LogP contribution in [0.3, 0.4) is 0 Å². The highest BCUT2D eigenvalue weighted by atomic mass is 32.2. The largest absolute Gasteiger partial charge is 0.384 e. The highest BCUT2D eigenvalue weighted by Crippen LogP contribution is 2.45. The summed E-state index contributed by atoms with van der Waals surface area (Å²) < 4.78 is 0. The second-order valence-electron chi connectivity index (χ2n) is 4.71. The predicted octanol–water partition coefficient (Wildman–Crippen LogP) is 3.55. The normalized spacial score (nSPS) is 28.7. The van der Waals surface area contributed by atoms with Gasteiger partial charge in [0, 0.05) is 5.25 Å². The van der Waals surface area contributed by atoms with Crippen LogP contribution in [0.1, 0.15) is 18.9 Å². The van der Waals surface area contributed by atoms with E-state index in [1.54, 1.807) is 0 Å². The monoisotopic (exact) mass is 244 g/mol. The fourth-order valence-electron chi connectivity index (χ4n) is 2.69. The molecule has 1 heterocycles. The van der Waals surface area contributed by atoms with Gasteiger partial charge in [-0.1, -0.05) is 49.4 Å². The van der Waals surface area contributed by atoms with Crippen molar-refractivity contribution in [3.05, 3.63) is 48.0 Å². The van der Waals surface area contributed by atoms with E-state index >= 15 is 0 Å². The summed E-state index contributed by atoms with van der Waals surface area (Å²) in [6.45, 7) is 2.12. The van der Waals surface area contributed by atoms with E-state index in [-0.39, 0.29) is 5.25 Å². The van der Waals surface area contributed by atoms with Gasteiger partial charge >= 0.3 is 0 Å². The Bertz CT molecular complexity index is 546. The van der Waals surface area contributed by atoms with Gasteiger partial charge in [-0.15, -0.1) is 0 Å². The number of hydrogen-bond donors (Lipinski definition) is 1. The Balaban J connectivity index is 2.24. The molecule has 0 aliphatic carbocycles. The van der Waals surface area contributed by atoms with E-state index in [1.807, 2.05) is 30.0 Å². The summed E-state index contributed by atoms with van der Waals surface area (Å²) in [5, 5.41) is 13.6. The zero-order valence-corrected chi connectivity index (χ0v) is 10.7. The molecule has 2 heteroatoms. The third kappa shape index (κ3) is 1.67. The Hall–Kier alpha value is -0.990. The first-order chi connectivity index (χ1) is 8.22. The molecule has 3 rings (SSSR count). The maximum absolute atomic E-state index is 10.9. The van der Waals surface area contributed by atoms with Gasteiger partial charge in [0.25, 0.3) is 0 Å². The van der Waals surface area contributed by atoms with Gasteiger partial charge in [-0.25, -0.2) is 0 Å². The van der Waals surface area contributed by atoms with Crippen LogP contribution in [0, 0.1) is 0 Å². The topological polar surface area (TPSA) is 20.2 Å². The van der Waals surface area contributed by atoms with Gasteiger partial charge in [-0.2, -0.15) is 11.8 Å². The zero-order chi connectivity index (χ0) is 11.9. The lowest BCUT2D eigenvalue weighted by Gasteiger charge is -2.28. The van der Waals surface area contributed by atoms with E-state index in [2.05, 4.69) is 31.2 Å². The van der Waals surface area contributed by atoms with Crippen molar-refractivity contribution in [1.29, 1.82) is 0 Å². The van der Waals surface area contributed by atoms with E-state index in [0.29, 0.717) is 0 Å². The Kier molecular flexibility index (Phi) is 2.64. The van der Waals surface area contributed by atoms with Crippen molar-refractivity contribution in [1.82, 2.24) is 0 Å². The zero-order valence-electron chi connectivity index (χ0n) is 9.89. The Morgan fingerprint density at radius 1 is 1.18 bits per heavy atom. The summed E-state index contributed by atoms with van der Waals surface area (Å²) in [6, 6.07) is 14.5. The molecule has 88 valence electrons. The molecule has 0 aromatic heterocycles. The van der Waals surface area contributed by atoms with E-state index in [9.17, 15) is 5.11 Å². The molecule has 1 aliphatic rings. The molecular formula is C15H16OS. The molecule has 2 aromatic carbocycles. The lowest BCUT2D eigenvalue weighted by molar-refractivity contribution is 0.0442. The van der Waals surface area contributed by atoms with Crippen LogP contribution in [-0.2, 0) is 5.60 Å². The van der Waals surface area contributed by atoms with Crippen LogP contribution >= 0.6 is 11.8 Å². The van der Waals surface area contributed by atoms with Gasteiger partial charge in [-0.3, -0.25) is 0 Å². The lowest BCUT2D eigenvalue weighted by atomic mass is 9.85. The van der Waals surface area contributed by atoms with Gasteiger partial charge in [0.1, 0.15) is 5.60 Å². The number of benzene rings is 2. The molecule has 0 saturated carbocycles. The first kappa shape index (κ1) is 11.1. The van der Waals surface area contributed by atoms with E-state index in [1.165, 1.54) is 10.8 Å². The number of rotatable bonds is 1. The van der Waals surface area contributed by atoms with Crippen molar-refractivity contribution in [2.24, 2.45) is 0 Å². The molecule has 1 fully saturated rings. The second kappa shape index (κ2) is 4.04. The molecule has 1 nitrogen and oxygen atoms in total. The molecule has 2 atom stereocenters. The minimum atomic E-state index is -0.661. The number of fused-ring (bicyclic) bond motifs is 1. The fraction of sp³-hybridized carbons (Fsp3) is 0.333. The lowest BCUT2D eigenvalue weighted by Crippen LogP contribution is -2.31. The summed E-state index contributed by atoms with van der Waals surface area (Å²) in [4.78, 5) is 0. The highest BCUT2D eigenvalue weighted by Gasteiger charge is 2.41. The van der Waals surface area contributed by atoms with Crippen molar-refractivity contribution in [3.63, 3.8) is 0 Å². The SMILES string of the molecule is CC1SCCC1(O)c1cccc2ccccc12. The fourth-order valence-corrected chi connectivity index (χ4v) is 3.99. The molecule has 0 bridgehead atoms. The van der Waals surface area contributed by atoms with Gasteiger partial charge in [0.15, 0.2) is 0 Å². The molecular weight excluding hydrogens is 228 g/mol. The van der Waals surface area contributed by atoms with Crippen LogP contribution in [0.2, 0.25) is 0 Å². The number of thioether (sulfide) groups is 1. The Morgan fingerprint density at radius 2 is 1.94 bits per heavy atom. The van der Waals surface area contributed by atoms with Gasteiger partial charge in [0.05, 0.1) is 0 Å². The van der Waals surface area contributed by atoms with Crippen molar-refractivity contribution >= 4 is 22.5 Å². The summed E-state index contributed by atoms with van der Waals surface area (Å²) in [6.07, 6.45) is 0.854. The van der Waals surface area contributed by atoms with Gasteiger partial charge < -0.3 is 5.11 Å². The Labute approximate surface area is 106 Å². The van der Waals surface area contributed by atoms with Crippen LogP contribution in [0.4, 0.5) is 0 Å². The highest BCUT2D eigenvalue weighted by molar-refractivity contribution is 8.00. The first-order valence-corrected chi connectivity index (χ1v) is 7.09. The van der Waals surface area contributed by atoms with Crippen LogP contribution in [0.15, 0.2) is 42.5 Å². The number of hydrogen-bond acceptors (Lipinski definition) is 2. The van der Waals surface area contributed by atoms with E-state index < -0.39 is 5.60 Å². The quantitative estimate of drug-likeness (QED) is 0.828. The van der Waals surface area contributed by atoms with Gasteiger partial charge in [-0.05, 0) is 28.5 Å². The summed E-state index contributed by atoms with van der Waals surface area (Å²) >= 11 is 1.86. The minimum absolute atomic E-state index is 0.272. The van der Waals surface area contributed by atoms with Crippen molar-refractivity contribution < 1.29 is 5.11 Å². The Morgan fingerprint density at radius 3 is 2.71 bits per heavy atom. The minimum Gasteiger partial charge on any atom is -0.384 e.